The van der Waals surface area contributed by atoms with Crippen LogP contribution in [0.15, 0.2) is 35.1 Å². The molecular weight excluding hydrogens is 285 g/mol. The van der Waals surface area contributed by atoms with Gasteiger partial charge in [-0.15, -0.1) is 0 Å². The second-order valence-corrected chi connectivity index (χ2v) is 8.20. The summed E-state index contributed by atoms with van der Waals surface area (Å²) in [5.41, 5.74) is 0.626. The highest BCUT2D eigenvalue weighted by Crippen LogP contribution is 2.67. The SMILES string of the molecule is O=P(Cl)(Cl)/C(Cl)=C(\Cl)c1ccccc1. The van der Waals surface area contributed by atoms with Crippen LogP contribution < -0.4 is 0 Å². The number of rotatable bonds is 2. The van der Waals surface area contributed by atoms with Gasteiger partial charge in [-0.25, -0.2) is 0 Å². The Kier molecular flexibility index (Phi) is 4.36. The molecule has 0 aliphatic carbocycles. The molecule has 1 aromatic carbocycles. The molecule has 76 valence electrons. The fourth-order valence-corrected chi connectivity index (χ4v) is 2.53. The Morgan fingerprint density at radius 1 is 1.07 bits per heavy atom. The second-order valence-electron chi connectivity index (χ2n) is 2.43. The lowest BCUT2D eigenvalue weighted by molar-refractivity contribution is 0.597. The molecule has 0 aliphatic rings. The van der Waals surface area contributed by atoms with E-state index < -0.39 is 5.85 Å². The third kappa shape index (κ3) is 3.18. The summed E-state index contributed by atoms with van der Waals surface area (Å²) in [6, 6.07) is 8.80. The van der Waals surface area contributed by atoms with Crippen LogP contribution in [0.25, 0.3) is 5.03 Å². The van der Waals surface area contributed by atoms with E-state index in [1.54, 1.807) is 24.3 Å². The molecule has 0 fully saturated rings. The van der Waals surface area contributed by atoms with E-state index in [2.05, 4.69) is 0 Å². The summed E-state index contributed by atoms with van der Waals surface area (Å²) < 4.78 is 11.0. The van der Waals surface area contributed by atoms with Crippen molar-refractivity contribution in [2.75, 3.05) is 0 Å². The van der Waals surface area contributed by atoms with Crippen molar-refractivity contribution in [3.05, 3.63) is 40.7 Å². The van der Waals surface area contributed by atoms with E-state index in [1.807, 2.05) is 6.07 Å². The first-order valence-electron chi connectivity index (χ1n) is 3.53. The first-order chi connectivity index (χ1) is 6.43. The molecule has 0 saturated heterocycles. The Morgan fingerprint density at radius 3 is 2.00 bits per heavy atom. The zero-order valence-corrected chi connectivity index (χ0v) is 10.7. The van der Waals surface area contributed by atoms with Gasteiger partial charge in [-0.1, -0.05) is 53.5 Å². The van der Waals surface area contributed by atoms with Gasteiger partial charge in [0.1, 0.15) is 4.77 Å². The van der Waals surface area contributed by atoms with Crippen molar-refractivity contribution in [1.82, 2.24) is 0 Å². The van der Waals surface area contributed by atoms with Gasteiger partial charge in [0.15, 0.2) is 0 Å². The van der Waals surface area contributed by atoms with Crippen molar-refractivity contribution < 1.29 is 4.57 Å². The van der Waals surface area contributed by atoms with Crippen LogP contribution in [0.1, 0.15) is 5.56 Å². The van der Waals surface area contributed by atoms with Gasteiger partial charge in [0, 0.05) is 0 Å². The smallest absolute Gasteiger partial charge is 0.283 e. The molecular formula is C8H5Cl4OP. The lowest BCUT2D eigenvalue weighted by Gasteiger charge is -2.04. The zero-order valence-electron chi connectivity index (χ0n) is 6.75. The summed E-state index contributed by atoms with van der Waals surface area (Å²) in [6.07, 6.45) is 0. The van der Waals surface area contributed by atoms with Gasteiger partial charge in [-0.05, 0) is 28.0 Å². The van der Waals surface area contributed by atoms with Crippen LogP contribution >= 0.6 is 51.5 Å². The molecule has 0 N–H and O–H groups in total. The minimum atomic E-state index is -3.52. The summed E-state index contributed by atoms with van der Waals surface area (Å²) in [5.74, 6) is -3.52. The number of benzene rings is 1. The van der Waals surface area contributed by atoms with Gasteiger partial charge in [0.2, 0.25) is 0 Å². The first-order valence-corrected chi connectivity index (χ1v) is 7.81. The highest BCUT2D eigenvalue weighted by atomic mass is 35.9. The summed E-state index contributed by atoms with van der Waals surface area (Å²) in [4.78, 5) is 0. The van der Waals surface area contributed by atoms with E-state index in [0.29, 0.717) is 5.56 Å². The molecule has 0 aromatic heterocycles. The maximum Gasteiger partial charge on any atom is 0.294 e. The molecule has 0 spiro atoms. The van der Waals surface area contributed by atoms with Crippen LogP contribution in [0, 0.1) is 0 Å². The van der Waals surface area contributed by atoms with Gasteiger partial charge in [0.05, 0.1) is 5.03 Å². The van der Waals surface area contributed by atoms with Gasteiger partial charge < -0.3 is 0 Å². The molecule has 1 aromatic rings. The molecule has 1 nitrogen and oxygen atoms in total. The Labute approximate surface area is 102 Å². The average Bonchev–Trinajstić information content (AvgIpc) is 2.15. The molecule has 0 aliphatic heterocycles. The van der Waals surface area contributed by atoms with Crippen molar-refractivity contribution in [2.45, 2.75) is 0 Å². The molecule has 0 atom stereocenters. The third-order valence-electron chi connectivity index (χ3n) is 1.44. The fraction of sp³-hybridized carbons (Fsp3) is 0. The van der Waals surface area contributed by atoms with Crippen molar-refractivity contribution >= 4 is 56.6 Å². The summed E-state index contributed by atoms with van der Waals surface area (Å²) >= 11 is 22.3. The molecule has 0 radical (unpaired) electrons. The van der Waals surface area contributed by atoms with Crippen LogP contribution in [0.5, 0.6) is 0 Å². The number of halogens is 4. The third-order valence-corrected chi connectivity index (χ3v) is 5.19. The normalized spacial score (nSPS) is 13.7. The lowest BCUT2D eigenvalue weighted by Crippen LogP contribution is -1.77. The molecule has 0 bridgehead atoms. The monoisotopic (exact) mass is 288 g/mol. The highest BCUT2D eigenvalue weighted by molar-refractivity contribution is 8.12. The van der Waals surface area contributed by atoms with E-state index >= 15 is 0 Å². The van der Waals surface area contributed by atoms with E-state index in [0.717, 1.165) is 0 Å². The second kappa shape index (κ2) is 4.92. The maximum atomic E-state index is 11.2. The van der Waals surface area contributed by atoms with Crippen LogP contribution in [0.4, 0.5) is 0 Å². The molecule has 0 saturated carbocycles. The van der Waals surface area contributed by atoms with E-state index in [-0.39, 0.29) is 9.81 Å². The van der Waals surface area contributed by atoms with Crippen molar-refractivity contribution in [2.24, 2.45) is 0 Å². The first kappa shape index (κ1) is 12.4. The standard InChI is InChI=1S/C8H5Cl4OP/c9-7(8(10)14(11,12)13)6-4-2-1-3-5-6/h1-5H/b8-7-. The summed E-state index contributed by atoms with van der Waals surface area (Å²) in [6.45, 7) is 0. The van der Waals surface area contributed by atoms with Gasteiger partial charge in [-0.3, -0.25) is 4.57 Å². The Balaban J connectivity index is 3.19. The van der Waals surface area contributed by atoms with Crippen LogP contribution in [-0.4, -0.2) is 0 Å². The molecule has 0 amide bonds. The quantitative estimate of drug-likeness (QED) is 0.661. The molecule has 14 heavy (non-hydrogen) atoms. The molecule has 0 heterocycles. The molecule has 1 rings (SSSR count). The summed E-state index contributed by atoms with van der Waals surface area (Å²) in [7, 11) is 0. The van der Waals surface area contributed by atoms with Crippen LogP contribution in [-0.2, 0) is 4.57 Å². The van der Waals surface area contributed by atoms with Crippen molar-refractivity contribution in [1.29, 1.82) is 0 Å². The highest BCUT2D eigenvalue weighted by Gasteiger charge is 2.23. The maximum absolute atomic E-state index is 11.2. The summed E-state index contributed by atoms with van der Waals surface area (Å²) in [5, 5.41) is 0.112. The van der Waals surface area contributed by atoms with E-state index in [1.165, 1.54) is 0 Å². The van der Waals surface area contributed by atoms with Crippen LogP contribution in [0.2, 0.25) is 0 Å². The largest absolute Gasteiger partial charge is 0.294 e. The molecule has 0 unspecified atom stereocenters. The molecule has 6 heteroatoms. The Hall–Kier alpha value is 0.350. The predicted molar refractivity (Wildman–Crippen MR) is 64.4 cm³/mol. The Bertz CT molecular complexity index is 395. The Morgan fingerprint density at radius 2 is 1.57 bits per heavy atom. The average molecular weight is 290 g/mol. The lowest BCUT2D eigenvalue weighted by atomic mass is 10.2. The van der Waals surface area contributed by atoms with E-state index in [9.17, 15) is 4.57 Å². The minimum absolute atomic E-state index is 0.112. The van der Waals surface area contributed by atoms with Crippen molar-refractivity contribution in [3.63, 3.8) is 0 Å². The zero-order chi connectivity index (χ0) is 10.8. The number of hydrogen-bond donors (Lipinski definition) is 0. The van der Waals surface area contributed by atoms with Gasteiger partial charge in [-0.2, -0.15) is 0 Å². The fourth-order valence-electron chi connectivity index (χ4n) is 0.818. The minimum Gasteiger partial charge on any atom is -0.283 e. The predicted octanol–water partition coefficient (Wildman–Crippen LogP) is 5.46. The van der Waals surface area contributed by atoms with Crippen LogP contribution in [0.3, 0.4) is 0 Å². The van der Waals surface area contributed by atoms with Gasteiger partial charge in [0.25, 0.3) is 5.85 Å². The van der Waals surface area contributed by atoms with Gasteiger partial charge >= 0.3 is 0 Å². The topological polar surface area (TPSA) is 17.1 Å². The van der Waals surface area contributed by atoms with E-state index in [4.69, 9.17) is 45.7 Å². The number of hydrogen-bond acceptors (Lipinski definition) is 1. The van der Waals surface area contributed by atoms with Crippen molar-refractivity contribution in [3.8, 4) is 0 Å².